The molecule has 2 aromatic carbocycles. The predicted octanol–water partition coefficient (Wildman–Crippen LogP) is 2.67. The second-order valence-corrected chi connectivity index (χ2v) is 5.18. The number of hydrogen-bond donors (Lipinski definition) is 2. The molecule has 106 valence electrons. The van der Waals surface area contributed by atoms with E-state index in [1.807, 2.05) is 30.3 Å². The molecule has 2 atom stereocenters. The van der Waals surface area contributed by atoms with Crippen molar-refractivity contribution in [2.45, 2.75) is 18.4 Å². The SMILES string of the molecule is O=C(O)c1ccccc1C(=O)NC1CC1c1ccccc1. The highest BCUT2D eigenvalue weighted by Gasteiger charge is 2.39. The van der Waals surface area contributed by atoms with Crippen molar-refractivity contribution >= 4 is 11.9 Å². The molecule has 0 heterocycles. The van der Waals surface area contributed by atoms with Crippen molar-refractivity contribution in [1.29, 1.82) is 0 Å². The van der Waals surface area contributed by atoms with Gasteiger partial charge in [-0.2, -0.15) is 0 Å². The molecular formula is C17H15NO3. The third kappa shape index (κ3) is 2.79. The maximum atomic E-state index is 12.2. The van der Waals surface area contributed by atoms with Gasteiger partial charge in [-0.25, -0.2) is 4.79 Å². The fourth-order valence-electron chi connectivity index (χ4n) is 2.54. The van der Waals surface area contributed by atoms with Gasteiger partial charge in [-0.3, -0.25) is 4.79 Å². The molecule has 1 saturated carbocycles. The summed E-state index contributed by atoms with van der Waals surface area (Å²) >= 11 is 0. The Labute approximate surface area is 122 Å². The van der Waals surface area contributed by atoms with Crippen LogP contribution >= 0.6 is 0 Å². The summed E-state index contributed by atoms with van der Waals surface area (Å²) in [5, 5.41) is 12.0. The summed E-state index contributed by atoms with van der Waals surface area (Å²) in [6.07, 6.45) is 0.894. The van der Waals surface area contributed by atoms with E-state index in [-0.39, 0.29) is 23.1 Å². The number of benzene rings is 2. The van der Waals surface area contributed by atoms with E-state index in [9.17, 15) is 9.59 Å². The summed E-state index contributed by atoms with van der Waals surface area (Å²) in [5.41, 5.74) is 1.45. The summed E-state index contributed by atoms with van der Waals surface area (Å²) < 4.78 is 0. The van der Waals surface area contributed by atoms with Crippen LogP contribution in [0.4, 0.5) is 0 Å². The van der Waals surface area contributed by atoms with Gasteiger partial charge in [-0.15, -0.1) is 0 Å². The molecule has 0 bridgehead atoms. The molecule has 21 heavy (non-hydrogen) atoms. The second kappa shape index (κ2) is 5.40. The highest BCUT2D eigenvalue weighted by atomic mass is 16.4. The summed E-state index contributed by atoms with van der Waals surface area (Å²) in [4.78, 5) is 23.4. The van der Waals surface area contributed by atoms with Crippen molar-refractivity contribution in [3.8, 4) is 0 Å². The number of rotatable bonds is 4. The van der Waals surface area contributed by atoms with E-state index in [0.29, 0.717) is 5.92 Å². The van der Waals surface area contributed by atoms with Gasteiger partial charge in [0.2, 0.25) is 0 Å². The molecule has 2 N–H and O–H groups in total. The monoisotopic (exact) mass is 281 g/mol. The highest BCUT2D eigenvalue weighted by Crippen LogP contribution is 2.40. The van der Waals surface area contributed by atoms with E-state index < -0.39 is 5.97 Å². The molecule has 1 fully saturated rings. The summed E-state index contributed by atoms with van der Waals surface area (Å²) in [5.74, 6) is -1.08. The number of nitrogens with one attached hydrogen (secondary N) is 1. The van der Waals surface area contributed by atoms with Crippen LogP contribution in [-0.4, -0.2) is 23.0 Å². The molecule has 4 heteroatoms. The van der Waals surface area contributed by atoms with Crippen LogP contribution in [0.3, 0.4) is 0 Å². The van der Waals surface area contributed by atoms with Gasteiger partial charge in [-0.1, -0.05) is 42.5 Å². The number of aromatic carboxylic acids is 1. The predicted molar refractivity (Wildman–Crippen MR) is 78.5 cm³/mol. The third-order valence-corrected chi connectivity index (χ3v) is 3.74. The Bertz CT molecular complexity index is 681. The first-order valence-electron chi connectivity index (χ1n) is 6.85. The fraction of sp³-hybridized carbons (Fsp3) is 0.176. The number of carboxylic acid groups (broad SMARTS) is 1. The minimum Gasteiger partial charge on any atom is -0.478 e. The molecule has 2 aromatic rings. The smallest absolute Gasteiger partial charge is 0.336 e. The molecule has 0 aromatic heterocycles. The minimum atomic E-state index is -1.09. The van der Waals surface area contributed by atoms with Gasteiger partial charge in [0, 0.05) is 12.0 Å². The molecular weight excluding hydrogens is 266 g/mol. The molecule has 0 saturated heterocycles. The molecule has 0 aliphatic heterocycles. The Morgan fingerprint density at radius 3 is 2.24 bits per heavy atom. The number of hydrogen-bond acceptors (Lipinski definition) is 2. The lowest BCUT2D eigenvalue weighted by Gasteiger charge is -2.07. The standard InChI is InChI=1S/C17H15NO3/c19-16(12-8-4-5-9-13(12)17(20)21)18-15-10-14(15)11-6-2-1-3-7-11/h1-9,14-15H,10H2,(H,18,19)(H,20,21). The molecule has 2 unspecified atom stereocenters. The largest absolute Gasteiger partial charge is 0.478 e. The minimum absolute atomic E-state index is 0.0342. The first-order chi connectivity index (χ1) is 10.2. The zero-order valence-corrected chi connectivity index (χ0v) is 11.3. The zero-order valence-electron chi connectivity index (χ0n) is 11.3. The van der Waals surface area contributed by atoms with Gasteiger partial charge in [0.15, 0.2) is 0 Å². The number of amides is 1. The van der Waals surface area contributed by atoms with Crippen LogP contribution in [0.2, 0.25) is 0 Å². The van der Waals surface area contributed by atoms with E-state index in [2.05, 4.69) is 5.32 Å². The van der Waals surface area contributed by atoms with Crippen LogP contribution in [-0.2, 0) is 0 Å². The Morgan fingerprint density at radius 1 is 0.952 bits per heavy atom. The molecule has 1 amide bonds. The lowest BCUT2D eigenvalue weighted by molar-refractivity contribution is 0.0691. The Balaban J connectivity index is 1.70. The average molecular weight is 281 g/mol. The quantitative estimate of drug-likeness (QED) is 0.905. The molecule has 0 spiro atoms. The summed E-state index contributed by atoms with van der Waals surface area (Å²) in [6.45, 7) is 0. The van der Waals surface area contributed by atoms with Gasteiger partial charge in [0.05, 0.1) is 11.1 Å². The fourth-order valence-corrected chi connectivity index (χ4v) is 2.54. The topological polar surface area (TPSA) is 66.4 Å². The van der Waals surface area contributed by atoms with E-state index in [4.69, 9.17) is 5.11 Å². The van der Waals surface area contributed by atoms with Crippen molar-refractivity contribution in [2.24, 2.45) is 0 Å². The summed E-state index contributed by atoms with van der Waals surface area (Å²) in [7, 11) is 0. The van der Waals surface area contributed by atoms with Crippen molar-refractivity contribution in [3.05, 3.63) is 71.3 Å². The first-order valence-corrected chi connectivity index (χ1v) is 6.85. The Kier molecular flexibility index (Phi) is 3.44. The van der Waals surface area contributed by atoms with E-state index in [0.717, 1.165) is 6.42 Å². The first kappa shape index (κ1) is 13.4. The van der Waals surface area contributed by atoms with Crippen LogP contribution in [0.5, 0.6) is 0 Å². The van der Waals surface area contributed by atoms with E-state index in [1.165, 1.54) is 11.6 Å². The van der Waals surface area contributed by atoms with Gasteiger partial charge in [-0.05, 0) is 24.1 Å². The Hall–Kier alpha value is -2.62. The average Bonchev–Trinajstić information content (AvgIpc) is 3.27. The number of carbonyl (C=O) groups is 2. The molecule has 1 aliphatic carbocycles. The third-order valence-electron chi connectivity index (χ3n) is 3.74. The highest BCUT2D eigenvalue weighted by molar-refractivity contribution is 6.05. The molecule has 4 nitrogen and oxygen atoms in total. The Morgan fingerprint density at radius 2 is 1.57 bits per heavy atom. The lowest BCUT2D eigenvalue weighted by atomic mass is 10.1. The second-order valence-electron chi connectivity index (χ2n) is 5.18. The van der Waals surface area contributed by atoms with E-state index >= 15 is 0 Å². The zero-order chi connectivity index (χ0) is 14.8. The lowest BCUT2D eigenvalue weighted by Crippen LogP contribution is -2.28. The molecule has 0 radical (unpaired) electrons. The van der Waals surface area contributed by atoms with Gasteiger partial charge >= 0.3 is 5.97 Å². The number of carbonyl (C=O) groups excluding carboxylic acids is 1. The van der Waals surface area contributed by atoms with Gasteiger partial charge in [0.25, 0.3) is 5.91 Å². The van der Waals surface area contributed by atoms with Crippen molar-refractivity contribution in [3.63, 3.8) is 0 Å². The maximum Gasteiger partial charge on any atom is 0.336 e. The van der Waals surface area contributed by atoms with Crippen LogP contribution in [0.1, 0.15) is 38.6 Å². The normalized spacial score (nSPS) is 19.8. The van der Waals surface area contributed by atoms with E-state index in [1.54, 1.807) is 18.2 Å². The van der Waals surface area contributed by atoms with Crippen LogP contribution in [0.25, 0.3) is 0 Å². The number of carboxylic acids is 1. The molecule has 1 aliphatic rings. The van der Waals surface area contributed by atoms with Crippen LogP contribution in [0, 0.1) is 0 Å². The van der Waals surface area contributed by atoms with Gasteiger partial charge in [0.1, 0.15) is 0 Å². The van der Waals surface area contributed by atoms with Crippen LogP contribution < -0.4 is 5.32 Å². The molecule has 3 rings (SSSR count). The summed E-state index contributed by atoms with van der Waals surface area (Å²) in [6, 6.07) is 16.4. The van der Waals surface area contributed by atoms with Crippen molar-refractivity contribution < 1.29 is 14.7 Å². The van der Waals surface area contributed by atoms with Crippen molar-refractivity contribution in [2.75, 3.05) is 0 Å². The van der Waals surface area contributed by atoms with Gasteiger partial charge < -0.3 is 10.4 Å². The van der Waals surface area contributed by atoms with Crippen molar-refractivity contribution in [1.82, 2.24) is 5.32 Å². The van der Waals surface area contributed by atoms with Crippen LogP contribution in [0.15, 0.2) is 54.6 Å². The maximum absolute atomic E-state index is 12.2.